The van der Waals surface area contributed by atoms with E-state index in [4.69, 9.17) is 5.73 Å². The fourth-order valence-electron chi connectivity index (χ4n) is 2.67. The maximum atomic E-state index is 5.83. The number of nitrogens with two attached hydrogens (primary N) is 1. The largest absolute Gasteiger partial charge is 0.330 e. The fourth-order valence-corrected chi connectivity index (χ4v) is 2.67. The highest BCUT2D eigenvalue weighted by Gasteiger charge is 2.24. The summed E-state index contributed by atoms with van der Waals surface area (Å²) in [5.41, 5.74) is 5.83. The molecule has 2 nitrogen and oxygen atoms in total. The van der Waals surface area contributed by atoms with Crippen molar-refractivity contribution in [2.75, 3.05) is 6.54 Å². The van der Waals surface area contributed by atoms with Crippen LogP contribution in [-0.4, -0.2) is 18.6 Å². The summed E-state index contributed by atoms with van der Waals surface area (Å²) in [5, 5.41) is 3.77. The first-order valence-electron chi connectivity index (χ1n) is 6.74. The Morgan fingerprint density at radius 1 is 1.33 bits per heavy atom. The van der Waals surface area contributed by atoms with E-state index in [1.54, 1.807) is 0 Å². The Morgan fingerprint density at radius 3 is 2.73 bits per heavy atom. The van der Waals surface area contributed by atoms with E-state index in [1.165, 1.54) is 44.9 Å². The van der Waals surface area contributed by atoms with Gasteiger partial charge in [0.1, 0.15) is 0 Å². The molecule has 0 heterocycles. The van der Waals surface area contributed by atoms with Crippen LogP contribution in [-0.2, 0) is 0 Å². The molecule has 90 valence electrons. The molecule has 0 aromatic rings. The molecule has 1 fully saturated rings. The monoisotopic (exact) mass is 212 g/mol. The van der Waals surface area contributed by atoms with Crippen molar-refractivity contribution in [3.63, 3.8) is 0 Å². The van der Waals surface area contributed by atoms with Crippen LogP contribution in [0.2, 0.25) is 0 Å². The van der Waals surface area contributed by atoms with Crippen molar-refractivity contribution in [3.05, 3.63) is 0 Å². The molecule has 3 atom stereocenters. The number of hydrogen-bond donors (Lipinski definition) is 2. The van der Waals surface area contributed by atoms with E-state index in [1.807, 2.05) is 0 Å². The van der Waals surface area contributed by atoms with Gasteiger partial charge >= 0.3 is 0 Å². The average molecular weight is 212 g/mol. The van der Waals surface area contributed by atoms with Crippen molar-refractivity contribution in [1.29, 1.82) is 0 Å². The summed E-state index contributed by atoms with van der Waals surface area (Å²) in [5.74, 6) is 0.725. The maximum Gasteiger partial charge on any atom is 0.0110 e. The van der Waals surface area contributed by atoms with E-state index in [0.717, 1.165) is 12.5 Å². The van der Waals surface area contributed by atoms with E-state index >= 15 is 0 Å². The number of hydrogen-bond acceptors (Lipinski definition) is 2. The second-order valence-electron chi connectivity index (χ2n) is 5.10. The topological polar surface area (TPSA) is 38.0 Å². The van der Waals surface area contributed by atoms with Crippen molar-refractivity contribution < 1.29 is 0 Å². The number of unbranched alkanes of at least 4 members (excludes halogenated alkanes) is 1. The lowest BCUT2D eigenvalue weighted by Gasteiger charge is -2.33. The molecule has 0 spiro atoms. The zero-order chi connectivity index (χ0) is 11.1. The Morgan fingerprint density at radius 2 is 2.07 bits per heavy atom. The van der Waals surface area contributed by atoms with Crippen LogP contribution in [0.15, 0.2) is 0 Å². The fraction of sp³-hybridized carbons (Fsp3) is 1.00. The molecule has 1 aliphatic rings. The van der Waals surface area contributed by atoms with Crippen molar-refractivity contribution in [3.8, 4) is 0 Å². The predicted molar refractivity (Wildman–Crippen MR) is 66.9 cm³/mol. The van der Waals surface area contributed by atoms with Crippen molar-refractivity contribution in [1.82, 2.24) is 5.32 Å². The molecule has 0 saturated heterocycles. The first-order valence-corrected chi connectivity index (χ1v) is 6.74. The minimum atomic E-state index is 0.669. The van der Waals surface area contributed by atoms with E-state index in [2.05, 4.69) is 19.2 Å². The molecule has 3 N–H and O–H groups in total. The molecular weight excluding hydrogens is 184 g/mol. The average Bonchev–Trinajstić information content (AvgIpc) is 2.27. The van der Waals surface area contributed by atoms with E-state index < -0.39 is 0 Å². The van der Waals surface area contributed by atoms with Crippen LogP contribution in [0.3, 0.4) is 0 Å². The quantitative estimate of drug-likeness (QED) is 0.710. The third-order valence-electron chi connectivity index (χ3n) is 3.70. The highest BCUT2D eigenvalue weighted by Crippen LogP contribution is 2.24. The minimum Gasteiger partial charge on any atom is -0.330 e. The van der Waals surface area contributed by atoms with Crippen LogP contribution in [0.5, 0.6) is 0 Å². The van der Waals surface area contributed by atoms with Gasteiger partial charge in [-0.2, -0.15) is 0 Å². The van der Waals surface area contributed by atoms with Crippen LogP contribution >= 0.6 is 0 Å². The zero-order valence-electron chi connectivity index (χ0n) is 10.5. The van der Waals surface area contributed by atoms with Crippen LogP contribution in [0.25, 0.3) is 0 Å². The van der Waals surface area contributed by atoms with Gasteiger partial charge < -0.3 is 11.1 Å². The van der Waals surface area contributed by atoms with Crippen LogP contribution in [0, 0.1) is 5.92 Å². The molecule has 1 aliphatic carbocycles. The summed E-state index contributed by atoms with van der Waals surface area (Å²) in [6, 6.07) is 1.36. The van der Waals surface area contributed by atoms with Crippen LogP contribution in [0.4, 0.5) is 0 Å². The lowest BCUT2D eigenvalue weighted by Crippen LogP contribution is -2.45. The Labute approximate surface area is 95.0 Å². The second-order valence-corrected chi connectivity index (χ2v) is 5.10. The first kappa shape index (κ1) is 13.0. The van der Waals surface area contributed by atoms with E-state index in [0.29, 0.717) is 12.1 Å². The molecule has 1 rings (SSSR count). The van der Waals surface area contributed by atoms with E-state index in [9.17, 15) is 0 Å². The van der Waals surface area contributed by atoms with Gasteiger partial charge in [-0.1, -0.05) is 32.6 Å². The van der Waals surface area contributed by atoms with Gasteiger partial charge in [0.2, 0.25) is 0 Å². The van der Waals surface area contributed by atoms with Crippen molar-refractivity contribution in [2.45, 2.75) is 70.9 Å². The summed E-state index contributed by atoms with van der Waals surface area (Å²) >= 11 is 0. The minimum absolute atomic E-state index is 0.669. The van der Waals surface area contributed by atoms with Gasteiger partial charge in [0.15, 0.2) is 0 Å². The number of rotatable bonds is 6. The van der Waals surface area contributed by atoms with Gasteiger partial charge in [0.25, 0.3) is 0 Å². The molecule has 0 aromatic heterocycles. The molecule has 2 heteroatoms. The van der Waals surface area contributed by atoms with Crippen LogP contribution < -0.4 is 11.1 Å². The lowest BCUT2D eigenvalue weighted by molar-refractivity contribution is 0.247. The molecule has 0 aliphatic heterocycles. The second kappa shape index (κ2) is 7.24. The Kier molecular flexibility index (Phi) is 6.26. The van der Waals surface area contributed by atoms with Gasteiger partial charge in [-0.15, -0.1) is 0 Å². The highest BCUT2D eigenvalue weighted by atomic mass is 15.0. The standard InChI is InChI=1S/C13H28N2/c1-3-4-7-11(2)15-13-9-6-5-8-12(13)10-14/h11-13,15H,3-10,14H2,1-2H3. The molecule has 0 radical (unpaired) electrons. The third kappa shape index (κ3) is 4.52. The molecular formula is C13H28N2. The van der Waals surface area contributed by atoms with Crippen molar-refractivity contribution in [2.24, 2.45) is 11.7 Å². The molecule has 0 bridgehead atoms. The summed E-state index contributed by atoms with van der Waals surface area (Å²) < 4.78 is 0. The van der Waals surface area contributed by atoms with Crippen molar-refractivity contribution >= 4 is 0 Å². The summed E-state index contributed by atoms with van der Waals surface area (Å²) in [7, 11) is 0. The Balaban J connectivity index is 2.27. The third-order valence-corrected chi connectivity index (χ3v) is 3.70. The molecule has 3 unspecified atom stereocenters. The van der Waals surface area contributed by atoms with Gasteiger partial charge in [-0.3, -0.25) is 0 Å². The van der Waals surface area contributed by atoms with Gasteiger partial charge in [0, 0.05) is 12.1 Å². The highest BCUT2D eigenvalue weighted by molar-refractivity contribution is 4.83. The SMILES string of the molecule is CCCCC(C)NC1CCCCC1CN. The summed E-state index contributed by atoms with van der Waals surface area (Å²) in [4.78, 5) is 0. The zero-order valence-corrected chi connectivity index (χ0v) is 10.5. The molecule has 0 amide bonds. The summed E-state index contributed by atoms with van der Waals surface area (Å²) in [6.07, 6.45) is 9.38. The Hall–Kier alpha value is -0.0800. The molecule has 1 saturated carbocycles. The first-order chi connectivity index (χ1) is 7.27. The van der Waals surface area contributed by atoms with E-state index in [-0.39, 0.29) is 0 Å². The van der Waals surface area contributed by atoms with Gasteiger partial charge in [-0.25, -0.2) is 0 Å². The summed E-state index contributed by atoms with van der Waals surface area (Å²) in [6.45, 7) is 5.44. The Bertz CT molecular complexity index is 159. The van der Waals surface area contributed by atoms with Gasteiger partial charge in [0.05, 0.1) is 0 Å². The van der Waals surface area contributed by atoms with Crippen LogP contribution in [0.1, 0.15) is 58.8 Å². The lowest BCUT2D eigenvalue weighted by atomic mass is 9.84. The molecule has 0 aromatic carbocycles. The maximum absolute atomic E-state index is 5.83. The van der Waals surface area contributed by atoms with Gasteiger partial charge in [-0.05, 0) is 38.6 Å². The predicted octanol–water partition coefficient (Wildman–Crippen LogP) is 2.67. The molecule has 15 heavy (non-hydrogen) atoms. The normalized spacial score (nSPS) is 29.0. The smallest absolute Gasteiger partial charge is 0.0110 e. The number of nitrogens with one attached hydrogen (secondary N) is 1.